The second-order valence-electron chi connectivity index (χ2n) is 20.2. The van der Waals surface area contributed by atoms with Crippen molar-refractivity contribution in [2.24, 2.45) is 14.1 Å². The van der Waals surface area contributed by atoms with Crippen LogP contribution < -0.4 is 0 Å². The zero-order valence-corrected chi connectivity index (χ0v) is 43.2. The van der Waals surface area contributed by atoms with Crippen molar-refractivity contribution in [3.63, 3.8) is 0 Å². The third kappa shape index (κ3) is 8.35. The first-order chi connectivity index (χ1) is 38.5. The highest BCUT2D eigenvalue weighted by atomic mass is 15.0. The van der Waals surface area contributed by atoms with Crippen molar-refractivity contribution in [3.05, 3.63) is 274 Å². The van der Waals surface area contributed by atoms with E-state index in [9.17, 15) is 0 Å². The van der Waals surface area contributed by atoms with E-state index in [1.54, 1.807) is 0 Å². The molecule has 3 aromatic heterocycles. The largest absolute Gasteiger partial charge is 0.334 e. The Kier molecular flexibility index (Phi) is 11.6. The molecule has 14 aromatic rings. The molecule has 0 amide bonds. The summed E-state index contributed by atoms with van der Waals surface area (Å²) in [5.74, 6) is 1.88. The van der Waals surface area contributed by atoms with Gasteiger partial charge in [0.2, 0.25) is 0 Å². The molecule has 0 saturated carbocycles. The number of benzene rings is 11. The van der Waals surface area contributed by atoms with E-state index in [4.69, 9.17) is 4.98 Å². The zero-order valence-electron chi connectivity index (χ0n) is 43.2. The van der Waals surface area contributed by atoms with E-state index in [0.29, 0.717) is 0 Å². The van der Waals surface area contributed by atoms with Crippen LogP contribution in [0.4, 0.5) is 0 Å². The van der Waals surface area contributed by atoms with Gasteiger partial charge in [-0.25, -0.2) is 9.97 Å². The molecule has 0 atom stereocenters. The van der Waals surface area contributed by atoms with Crippen molar-refractivity contribution in [2.45, 2.75) is 0 Å². The summed E-state index contributed by atoms with van der Waals surface area (Å²) in [7, 11) is 4.06. The summed E-state index contributed by atoms with van der Waals surface area (Å²) in [6, 6.07) is 88.5. The average molecular weight is 998 g/mol. The first-order valence-electron chi connectivity index (χ1n) is 26.5. The fourth-order valence-electron chi connectivity index (χ4n) is 11.6. The Morgan fingerprint density at radius 3 is 1.03 bits per heavy atom. The normalized spacial score (nSPS) is 11.5. The predicted octanol–water partition coefficient (Wildman–Crippen LogP) is 18.7. The van der Waals surface area contributed by atoms with Gasteiger partial charge in [-0.2, -0.15) is 0 Å². The lowest BCUT2D eigenvalue weighted by molar-refractivity contribution is 0.925. The highest BCUT2D eigenvalue weighted by Crippen LogP contribution is 2.44. The van der Waals surface area contributed by atoms with Crippen LogP contribution in [-0.4, -0.2) is 24.1 Å². The summed E-state index contributed by atoms with van der Waals surface area (Å²) in [4.78, 5) is 14.4. The third-order valence-electron chi connectivity index (χ3n) is 15.5. The van der Waals surface area contributed by atoms with Crippen LogP contribution in [-0.2, 0) is 14.1 Å². The van der Waals surface area contributed by atoms with Crippen molar-refractivity contribution in [2.75, 3.05) is 0 Å². The van der Waals surface area contributed by atoms with Gasteiger partial charge in [-0.3, -0.25) is 4.98 Å². The fourth-order valence-corrected chi connectivity index (χ4v) is 11.6. The second-order valence-corrected chi connectivity index (χ2v) is 20.2. The minimum absolute atomic E-state index is 0.925. The highest BCUT2D eigenvalue weighted by molar-refractivity contribution is 6.25. The Labute approximate surface area is 453 Å². The molecular weight excluding hydrogens is 947 g/mol. The Bertz CT molecular complexity index is 4380. The summed E-state index contributed by atoms with van der Waals surface area (Å²) in [6.07, 6.45) is 9.69. The van der Waals surface area contributed by atoms with Gasteiger partial charge < -0.3 is 9.13 Å². The van der Waals surface area contributed by atoms with Gasteiger partial charge in [0, 0.05) is 67.3 Å². The standard InChI is InChI=1S/C73H51N5/c1-77-40-38-74-72(77)50-30-26-48(27-31-50)59-16-3-6-19-62(59)56-43-57(63-20-7-4-17-60(63)49-28-32-51(33-29-49)73-75-39-41-78(73)2)45-58(44-56)64-21-8-5-18-61(64)55-35-37-71(76-47-55)54-15-13-14-52(42-54)53-34-36-69-67-24-10-9-22-65(67)66-23-11-12-25-68(66)70(69)46-53/h3-47H,1-2H3. The van der Waals surface area contributed by atoms with Gasteiger partial charge in [-0.05, 0) is 141 Å². The van der Waals surface area contributed by atoms with Gasteiger partial charge in [-0.1, -0.05) is 206 Å². The van der Waals surface area contributed by atoms with E-state index < -0.39 is 0 Å². The molecule has 11 aromatic carbocycles. The van der Waals surface area contributed by atoms with Gasteiger partial charge in [-0.15, -0.1) is 0 Å². The molecule has 0 unspecified atom stereocenters. The fraction of sp³-hybridized carbons (Fsp3) is 0.0274. The lowest BCUT2D eigenvalue weighted by Gasteiger charge is -2.18. The SMILES string of the molecule is Cn1ccnc1-c1ccc(-c2ccccc2-c2cc(-c3ccccc3-c3ccc(-c4nccn4C)cc3)cc(-c3ccccc3-c3ccc(-c4cccc(-c5ccc6c7ccccc7c7ccccc7c6c5)c4)nc3)c2)cc1. The molecule has 0 N–H and O–H groups in total. The Morgan fingerprint density at radius 2 is 0.590 bits per heavy atom. The quantitative estimate of drug-likeness (QED) is 0.128. The van der Waals surface area contributed by atoms with E-state index >= 15 is 0 Å². The smallest absolute Gasteiger partial charge is 0.139 e. The van der Waals surface area contributed by atoms with Gasteiger partial charge in [0.1, 0.15) is 11.6 Å². The van der Waals surface area contributed by atoms with Crippen LogP contribution in [0.1, 0.15) is 0 Å². The number of rotatable bonds is 10. The van der Waals surface area contributed by atoms with Gasteiger partial charge >= 0.3 is 0 Å². The van der Waals surface area contributed by atoms with Crippen LogP contribution in [0.3, 0.4) is 0 Å². The number of aromatic nitrogens is 5. The van der Waals surface area contributed by atoms with Crippen molar-refractivity contribution in [3.8, 4) is 112 Å². The average Bonchev–Trinajstić information content (AvgIpc) is 4.24. The molecule has 0 radical (unpaired) electrons. The van der Waals surface area contributed by atoms with Crippen LogP contribution in [0.25, 0.3) is 144 Å². The topological polar surface area (TPSA) is 48.5 Å². The zero-order chi connectivity index (χ0) is 52.1. The molecule has 0 bridgehead atoms. The molecule has 0 spiro atoms. The van der Waals surface area contributed by atoms with E-state index in [-0.39, 0.29) is 0 Å². The summed E-state index contributed by atoms with van der Waals surface area (Å²) in [5.41, 5.74) is 20.0. The van der Waals surface area contributed by atoms with E-state index in [1.807, 2.05) is 45.1 Å². The highest BCUT2D eigenvalue weighted by Gasteiger charge is 2.18. The molecule has 0 fully saturated rings. The molecule has 3 heterocycles. The molecule has 0 aliphatic carbocycles. The molecule has 368 valence electrons. The molecular formula is C73H51N5. The minimum Gasteiger partial charge on any atom is -0.334 e. The molecule has 14 rings (SSSR count). The first kappa shape index (κ1) is 46.3. The van der Waals surface area contributed by atoms with E-state index in [0.717, 1.165) is 106 Å². The molecule has 0 aliphatic heterocycles. The number of hydrogen-bond donors (Lipinski definition) is 0. The van der Waals surface area contributed by atoms with Crippen molar-refractivity contribution in [1.82, 2.24) is 24.1 Å². The van der Waals surface area contributed by atoms with Crippen LogP contribution >= 0.6 is 0 Å². The minimum atomic E-state index is 0.925. The molecule has 0 saturated heterocycles. The summed E-state index contributed by atoms with van der Waals surface area (Å²) in [6.45, 7) is 0. The van der Waals surface area contributed by atoms with Crippen molar-refractivity contribution < 1.29 is 0 Å². The number of aryl methyl sites for hydroxylation is 2. The Balaban J connectivity index is 0.852. The molecule has 5 heteroatoms. The Hall–Kier alpha value is -10.2. The van der Waals surface area contributed by atoms with Crippen molar-refractivity contribution >= 4 is 32.3 Å². The van der Waals surface area contributed by atoms with Crippen LogP contribution in [0, 0.1) is 0 Å². The van der Waals surface area contributed by atoms with Crippen LogP contribution in [0.5, 0.6) is 0 Å². The summed E-state index contributed by atoms with van der Waals surface area (Å²) < 4.78 is 4.11. The van der Waals surface area contributed by atoms with Gasteiger partial charge in [0.15, 0.2) is 0 Å². The van der Waals surface area contributed by atoms with Crippen LogP contribution in [0.2, 0.25) is 0 Å². The summed E-state index contributed by atoms with van der Waals surface area (Å²) >= 11 is 0. The molecule has 78 heavy (non-hydrogen) atoms. The lowest BCUT2D eigenvalue weighted by Crippen LogP contribution is -1.93. The van der Waals surface area contributed by atoms with Crippen LogP contribution in [0.15, 0.2) is 274 Å². The second kappa shape index (κ2) is 19.5. The van der Waals surface area contributed by atoms with E-state index in [1.165, 1.54) is 37.9 Å². The number of pyridine rings is 1. The number of fused-ring (bicyclic) bond motifs is 6. The predicted molar refractivity (Wildman–Crippen MR) is 325 cm³/mol. The first-order valence-corrected chi connectivity index (χ1v) is 26.5. The lowest BCUT2D eigenvalue weighted by atomic mass is 9.86. The molecule has 0 aliphatic rings. The maximum atomic E-state index is 5.18. The number of hydrogen-bond acceptors (Lipinski definition) is 3. The summed E-state index contributed by atoms with van der Waals surface area (Å²) in [5, 5.41) is 7.64. The third-order valence-corrected chi connectivity index (χ3v) is 15.5. The monoisotopic (exact) mass is 997 g/mol. The van der Waals surface area contributed by atoms with Crippen molar-refractivity contribution in [1.29, 1.82) is 0 Å². The molecule has 5 nitrogen and oxygen atoms in total. The number of nitrogens with zero attached hydrogens (tertiary/aromatic N) is 5. The van der Waals surface area contributed by atoms with Gasteiger partial charge in [0.25, 0.3) is 0 Å². The maximum Gasteiger partial charge on any atom is 0.139 e. The number of imidazole rings is 2. The maximum absolute atomic E-state index is 5.18. The Morgan fingerprint density at radius 1 is 0.244 bits per heavy atom. The van der Waals surface area contributed by atoms with Gasteiger partial charge in [0.05, 0.1) is 5.69 Å². The van der Waals surface area contributed by atoms with E-state index in [2.05, 4.69) is 262 Å².